The number of hydrogen-bond donors (Lipinski definition) is 1. The Bertz CT molecular complexity index is 597. The first-order chi connectivity index (χ1) is 12.0. The predicted molar refractivity (Wildman–Crippen MR) is 106 cm³/mol. The molecular weight excluding hydrogens is 332 g/mol. The van der Waals surface area contributed by atoms with Crippen molar-refractivity contribution in [3.8, 4) is 0 Å². The van der Waals surface area contributed by atoms with Crippen LogP contribution in [-0.4, -0.2) is 41.3 Å². The average molecular weight is 363 g/mol. The molecule has 0 unspecified atom stereocenters. The van der Waals surface area contributed by atoms with Crippen LogP contribution in [0.25, 0.3) is 0 Å². The summed E-state index contributed by atoms with van der Waals surface area (Å²) in [6.45, 7) is 4.09. The second-order valence-electron chi connectivity index (χ2n) is 6.80. The number of amides is 2. The number of carbonyl (C=O) groups excluding carboxylic acids is 2. The van der Waals surface area contributed by atoms with Gasteiger partial charge in [0, 0.05) is 18.8 Å². The first-order valence-electron chi connectivity index (χ1n) is 9.24. The fraction of sp³-hybridized carbons (Fsp3) is 0.600. The largest absolute Gasteiger partial charge is 0.342 e. The Morgan fingerprint density at radius 3 is 2.60 bits per heavy atom. The summed E-state index contributed by atoms with van der Waals surface area (Å²) in [5, 5.41) is 3.01. The molecule has 25 heavy (non-hydrogen) atoms. The third-order valence-electron chi connectivity index (χ3n) is 4.98. The lowest BCUT2D eigenvalue weighted by atomic mass is 9.94. The highest BCUT2D eigenvalue weighted by Gasteiger charge is 2.22. The molecule has 0 radical (unpaired) electrons. The lowest BCUT2D eigenvalue weighted by molar-refractivity contribution is -0.129. The molecule has 1 aliphatic carbocycles. The van der Waals surface area contributed by atoms with E-state index in [1.807, 2.05) is 37.1 Å². The van der Waals surface area contributed by atoms with E-state index < -0.39 is 0 Å². The van der Waals surface area contributed by atoms with E-state index in [2.05, 4.69) is 12.2 Å². The maximum atomic E-state index is 12.3. The van der Waals surface area contributed by atoms with E-state index in [1.54, 1.807) is 0 Å². The number of thioether (sulfide) groups is 1. The molecule has 4 nitrogen and oxygen atoms in total. The van der Waals surface area contributed by atoms with Gasteiger partial charge in [-0.15, -0.1) is 11.8 Å². The third kappa shape index (κ3) is 5.77. The van der Waals surface area contributed by atoms with E-state index >= 15 is 0 Å². The molecule has 1 fully saturated rings. The van der Waals surface area contributed by atoms with Crippen molar-refractivity contribution in [1.29, 1.82) is 0 Å². The Morgan fingerprint density at radius 1 is 1.20 bits per heavy atom. The van der Waals surface area contributed by atoms with E-state index in [1.165, 1.54) is 31.0 Å². The molecule has 1 aromatic carbocycles. The van der Waals surface area contributed by atoms with E-state index in [4.69, 9.17) is 0 Å². The number of anilines is 1. The summed E-state index contributed by atoms with van der Waals surface area (Å²) in [6, 6.07) is 6.44. The Labute approximate surface area is 155 Å². The van der Waals surface area contributed by atoms with Crippen LogP contribution in [0.2, 0.25) is 0 Å². The number of carbonyl (C=O) groups is 2. The van der Waals surface area contributed by atoms with Gasteiger partial charge < -0.3 is 10.2 Å². The second kappa shape index (κ2) is 9.85. The van der Waals surface area contributed by atoms with Crippen LogP contribution in [0, 0.1) is 6.92 Å². The number of para-hydroxylation sites is 1. The van der Waals surface area contributed by atoms with Crippen molar-refractivity contribution in [3.63, 3.8) is 0 Å². The number of nitrogens with zero attached hydrogens (tertiary/aromatic N) is 1. The molecule has 1 N–H and O–H groups in total. The van der Waals surface area contributed by atoms with Crippen LogP contribution in [0.4, 0.5) is 5.69 Å². The average Bonchev–Trinajstić information content (AvgIpc) is 2.63. The van der Waals surface area contributed by atoms with Crippen molar-refractivity contribution in [2.45, 2.75) is 58.4 Å². The summed E-state index contributed by atoms with van der Waals surface area (Å²) in [7, 11) is 1.90. The molecule has 2 amide bonds. The van der Waals surface area contributed by atoms with Crippen LogP contribution in [0.5, 0.6) is 0 Å². The summed E-state index contributed by atoms with van der Waals surface area (Å²) in [6.07, 6.45) is 6.82. The van der Waals surface area contributed by atoms with Gasteiger partial charge in [-0.2, -0.15) is 0 Å². The van der Waals surface area contributed by atoms with Crippen molar-refractivity contribution in [1.82, 2.24) is 4.90 Å². The van der Waals surface area contributed by atoms with Crippen molar-refractivity contribution in [3.05, 3.63) is 29.3 Å². The minimum absolute atomic E-state index is 0.0397. The van der Waals surface area contributed by atoms with Gasteiger partial charge in [-0.1, -0.05) is 44.4 Å². The number of nitrogens with one attached hydrogen (secondary N) is 1. The van der Waals surface area contributed by atoms with E-state index in [9.17, 15) is 9.59 Å². The second-order valence-corrected chi connectivity index (χ2v) is 7.79. The van der Waals surface area contributed by atoms with Gasteiger partial charge >= 0.3 is 0 Å². The highest BCUT2D eigenvalue weighted by molar-refractivity contribution is 8.00. The van der Waals surface area contributed by atoms with E-state index in [-0.39, 0.29) is 11.8 Å². The SMILES string of the molecule is CCc1cccc(C)c1NC(=O)CSCC(=O)N(C)C1CCCCC1. The van der Waals surface area contributed by atoms with Crippen LogP contribution in [0.15, 0.2) is 18.2 Å². The molecule has 138 valence electrons. The maximum absolute atomic E-state index is 12.3. The molecule has 0 heterocycles. The lowest BCUT2D eigenvalue weighted by Gasteiger charge is -2.31. The summed E-state index contributed by atoms with van der Waals surface area (Å²) >= 11 is 1.40. The fourth-order valence-corrected chi connectivity index (χ4v) is 4.12. The predicted octanol–water partition coefficient (Wildman–Crippen LogP) is 4.02. The number of aryl methyl sites for hydroxylation is 2. The van der Waals surface area contributed by atoms with E-state index in [0.29, 0.717) is 17.5 Å². The monoisotopic (exact) mass is 362 g/mol. The number of benzene rings is 1. The highest BCUT2D eigenvalue weighted by Crippen LogP contribution is 2.23. The Morgan fingerprint density at radius 2 is 1.92 bits per heavy atom. The van der Waals surface area contributed by atoms with Crippen molar-refractivity contribution in [2.75, 3.05) is 23.9 Å². The molecule has 1 saturated carbocycles. The van der Waals surface area contributed by atoms with Gasteiger partial charge in [0.05, 0.1) is 11.5 Å². The Kier molecular flexibility index (Phi) is 7.82. The molecule has 2 rings (SSSR count). The molecule has 0 aromatic heterocycles. The normalized spacial score (nSPS) is 15.0. The first kappa shape index (κ1) is 19.8. The minimum atomic E-state index is -0.0397. The zero-order valence-electron chi connectivity index (χ0n) is 15.6. The quantitative estimate of drug-likeness (QED) is 0.797. The van der Waals surface area contributed by atoms with Gasteiger partial charge in [0.15, 0.2) is 0 Å². The molecule has 0 aliphatic heterocycles. The van der Waals surface area contributed by atoms with E-state index in [0.717, 1.165) is 36.1 Å². The first-order valence-corrected chi connectivity index (χ1v) is 10.4. The number of rotatable bonds is 7. The molecule has 1 aliphatic rings. The topological polar surface area (TPSA) is 49.4 Å². The third-order valence-corrected chi connectivity index (χ3v) is 5.90. The van der Waals surface area contributed by atoms with Crippen LogP contribution < -0.4 is 5.32 Å². The molecule has 5 heteroatoms. The maximum Gasteiger partial charge on any atom is 0.234 e. The Hall–Kier alpha value is -1.49. The molecule has 1 aromatic rings. The molecule has 0 bridgehead atoms. The van der Waals surface area contributed by atoms with Crippen LogP contribution >= 0.6 is 11.8 Å². The zero-order valence-corrected chi connectivity index (χ0v) is 16.5. The fourth-order valence-electron chi connectivity index (χ4n) is 3.38. The van der Waals surface area contributed by atoms with Gasteiger partial charge in [0.2, 0.25) is 11.8 Å². The molecular formula is C20H30N2O2S. The lowest BCUT2D eigenvalue weighted by Crippen LogP contribution is -2.39. The molecule has 0 atom stereocenters. The molecule has 0 saturated heterocycles. The number of hydrogen-bond acceptors (Lipinski definition) is 3. The summed E-state index contributed by atoms with van der Waals surface area (Å²) in [5.41, 5.74) is 3.14. The Balaban J connectivity index is 1.77. The molecule has 0 spiro atoms. The van der Waals surface area contributed by atoms with Crippen molar-refractivity contribution < 1.29 is 9.59 Å². The van der Waals surface area contributed by atoms with Gasteiger partial charge in [0.1, 0.15) is 0 Å². The van der Waals surface area contributed by atoms with Crippen molar-refractivity contribution >= 4 is 29.3 Å². The summed E-state index contributed by atoms with van der Waals surface area (Å²) in [4.78, 5) is 26.4. The standard InChI is InChI=1S/C20H30N2O2S/c1-4-16-10-8-9-15(2)20(16)21-18(23)13-25-14-19(24)22(3)17-11-6-5-7-12-17/h8-10,17H,4-7,11-14H2,1-3H3,(H,21,23). The van der Waals surface area contributed by atoms with Crippen LogP contribution in [-0.2, 0) is 16.0 Å². The van der Waals surface area contributed by atoms with Crippen LogP contribution in [0.3, 0.4) is 0 Å². The summed E-state index contributed by atoms with van der Waals surface area (Å²) in [5.74, 6) is 0.772. The minimum Gasteiger partial charge on any atom is -0.342 e. The van der Waals surface area contributed by atoms with Crippen molar-refractivity contribution in [2.24, 2.45) is 0 Å². The highest BCUT2D eigenvalue weighted by atomic mass is 32.2. The van der Waals surface area contributed by atoms with Gasteiger partial charge in [0.25, 0.3) is 0 Å². The van der Waals surface area contributed by atoms with Gasteiger partial charge in [-0.3, -0.25) is 9.59 Å². The van der Waals surface area contributed by atoms with Gasteiger partial charge in [-0.05, 0) is 37.3 Å². The zero-order chi connectivity index (χ0) is 18.2. The summed E-state index contributed by atoms with van der Waals surface area (Å²) < 4.78 is 0. The van der Waals surface area contributed by atoms with Gasteiger partial charge in [-0.25, -0.2) is 0 Å². The smallest absolute Gasteiger partial charge is 0.234 e. The van der Waals surface area contributed by atoms with Crippen LogP contribution in [0.1, 0.15) is 50.2 Å².